The predicted octanol–water partition coefficient (Wildman–Crippen LogP) is 3.29. The Morgan fingerprint density at radius 1 is 1.00 bits per heavy atom. The molecule has 0 radical (unpaired) electrons. The molecule has 1 atom stereocenters. The molecule has 0 saturated heterocycles. The van der Waals surface area contributed by atoms with E-state index in [1.54, 1.807) is 14.2 Å². The molecule has 2 rings (SSSR count). The second kappa shape index (κ2) is 13.6. The van der Waals surface area contributed by atoms with E-state index in [9.17, 15) is 0 Å². The van der Waals surface area contributed by atoms with Crippen LogP contribution in [0.4, 0.5) is 0 Å². The third-order valence-electron chi connectivity index (χ3n) is 5.04. The van der Waals surface area contributed by atoms with E-state index in [-0.39, 0.29) is 0 Å². The van der Waals surface area contributed by atoms with Crippen LogP contribution in [-0.4, -0.2) is 57.9 Å². The van der Waals surface area contributed by atoms with Gasteiger partial charge in [-0.25, -0.2) is 0 Å². The summed E-state index contributed by atoms with van der Waals surface area (Å²) < 4.78 is 10.6. The van der Waals surface area contributed by atoms with Gasteiger partial charge in [0, 0.05) is 39.8 Å². The van der Waals surface area contributed by atoms with Crippen molar-refractivity contribution in [2.75, 3.05) is 41.0 Å². The van der Waals surface area contributed by atoms with Crippen molar-refractivity contribution < 1.29 is 9.47 Å². The average molecular weight is 413 g/mol. The zero-order valence-corrected chi connectivity index (χ0v) is 18.7. The summed E-state index contributed by atoms with van der Waals surface area (Å²) in [4.78, 5) is 6.70. The van der Waals surface area contributed by atoms with Gasteiger partial charge in [-0.2, -0.15) is 0 Å². The van der Waals surface area contributed by atoms with Crippen LogP contribution in [-0.2, 0) is 17.8 Å². The van der Waals surface area contributed by atoms with E-state index in [1.807, 2.05) is 12.1 Å². The molecule has 0 saturated carbocycles. The number of rotatable bonds is 12. The van der Waals surface area contributed by atoms with Crippen molar-refractivity contribution in [3.63, 3.8) is 0 Å². The normalized spacial score (nSPS) is 12.6. The lowest BCUT2D eigenvalue weighted by atomic mass is 10.1. The quantitative estimate of drug-likeness (QED) is 0.318. The molecule has 0 heterocycles. The average Bonchev–Trinajstić information content (AvgIpc) is 2.77. The summed E-state index contributed by atoms with van der Waals surface area (Å²) in [6, 6.07) is 19.1. The first-order valence-corrected chi connectivity index (χ1v) is 10.5. The standard InChI is InChI=1S/C24H36N4O2/c1-20(28(3)19-22-8-6-5-7-9-22)14-15-26-24(25-2)27-18-21-10-12-23(13-11-21)30-17-16-29-4/h5-13,20H,14-19H2,1-4H3,(H2,25,26,27). The summed E-state index contributed by atoms with van der Waals surface area (Å²) in [7, 11) is 5.64. The van der Waals surface area contributed by atoms with Gasteiger partial charge in [-0.1, -0.05) is 42.5 Å². The Hall–Kier alpha value is -2.57. The molecule has 30 heavy (non-hydrogen) atoms. The maximum Gasteiger partial charge on any atom is 0.191 e. The largest absolute Gasteiger partial charge is 0.491 e. The van der Waals surface area contributed by atoms with Gasteiger partial charge in [0.05, 0.1) is 6.61 Å². The summed E-state index contributed by atoms with van der Waals surface area (Å²) in [5.41, 5.74) is 2.51. The maximum atomic E-state index is 5.59. The van der Waals surface area contributed by atoms with Crippen molar-refractivity contribution in [3.05, 3.63) is 65.7 Å². The number of hydrogen-bond acceptors (Lipinski definition) is 4. The zero-order valence-electron chi connectivity index (χ0n) is 18.7. The lowest BCUT2D eigenvalue weighted by molar-refractivity contribution is 0.146. The van der Waals surface area contributed by atoms with E-state index >= 15 is 0 Å². The third-order valence-corrected chi connectivity index (χ3v) is 5.04. The number of nitrogens with zero attached hydrogens (tertiary/aromatic N) is 2. The first-order chi connectivity index (χ1) is 14.6. The highest BCUT2D eigenvalue weighted by atomic mass is 16.5. The van der Waals surface area contributed by atoms with Gasteiger partial charge in [-0.3, -0.25) is 9.89 Å². The third kappa shape index (κ3) is 8.84. The molecule has 0 fully saturated rings. The molecule has 164 valence electrons. The van der Waals surface area contributed by atoms with Gasteiger partial charge in [0.1, 0.15) is 12.4 Å². The molecule has 6 heteroatoms. The smallest absolute Gasteiger partial charge is 0.191 e. The molecule has 0 amide bonds. The highest BCUT2D eigenvalue weighted by molar-refractivity contribution is 5.79. The number of aliphatic imine (C=N–C) groups is 1. The molecule has 0 aromatic heterocycles. The number of guanidine groups is 1. The number of benzene rings is 2. The van der Waals surface area contributed by atoms with Crippen molar-refractivity contribution in [2.24, 2.45) is 4.99 Å². The topological polar surface area (TPSA) is 58.1 Å². The minimum absolute atomic E-state index is 0.474. The van der Waals surface area contributed by atoms with Gasteiger partial charge in [0.15, 0.2) is 5.96 Å². The molecule has 0 bridgehead atoms. The molecular weight excluding hydrogens is 376 g/mol. The Labute approximate surface area is 181 Å². The second-order valence-electron chi connectivity index (χ2n) is 7.38. The van der Waals surface area contributed by atoms with Crippen molar-refractivity contribution >= 4 is 5.96 Å². The predicted molar refractivity (Wildman–Crippen MR) is 124 cm³/mol. The molecule has 2 N–H and O–H groups in total. The van der Waals surface area contributed by atoms with Crippen LogP contribution in [0.3, 0.4) is 0 Å². The Kier molecular flexibility index (Phi) is 10.8. The van der Waals surface area contributed by atoms with Crippen molar-refractivity contribution in [2.45, 2.75) is 32.5 Å². The zero-order chi connectivity index (χ0) is 21.6. The molecule has 2 aromatic rings. The number of methoxy groups -OCH3 is 1. The number of ether oxygens (including phenoxy) is 2. The summed E-state index contributed by atoms with van der Waals surface area (Å²) in [6.07, 6.45) is 1.04. The fourth-order valence-electron chi connectivity index (χ4n) is 3.00. The Morgan fingerprint density at radius 3 is 2.40 bits per heavy atom. The van der Waals surface area contributed by atoms with Gasteiger partial charge >= 0.3 is 0 Å². The van der Waals surface area contributed by atoms with Crippen LogP contribution < -0.4 is 15.4 Å². The van der Waals surface area contributed by atoms with Crippen LogP contribution in [0.1, 0.15) is 24.5 Å². The molecule has 0 spiro atoms. The number of nitrogens with one attached hydrogen (secondary N) is 2. The van der Waals surface area contributed by atoms with E-state index in [0.29, 0.717) is 25.8 Å². The molecule has 6 nitrogen and oxygen atoms in total. The minimum Gasteiger partial charge on any atom is -0.491 e. The van der Waals surface area contributed by atoms with Gasteiger partial charge in [0.2, 0.25) is 0 Å². The first kappa shape index (κ1) is 23.7. The Morgan fingerprint density at radius 2 is 1.73 bits per heavy atom. The molecule has 2 aromatic carbocycles. The van der Waals surface area contributed by atoms with Crippen LogP contribution in [0.2, 0.25) is 0 Å². The van der Waals surface area contributed by atoms with Crippen LogP contribution in [0.25, 0.3) is 0 Å². The van der Waals surface area contributed by atoms with E-state index in [0.717, 1.165) is 31.2 Å². The van der Waals surface area contributed by atoms with Crippen molar-refractivity contribution in [1.82, 2.24) is 15.5 Å². The second-order valence-corrected chi connectivity index (χ2v) is 7.38. The Bertz CT molecular complexity index is 735. The highest BCUT2D eigenvalue weighted by Gasteiger charge is 2.10. The summed E-state index contributed by atoms with van der Waals surface area (Å²) in [5, 5.41) is 6.77. The van der Waals surface area contributed by atoms with Crippen molar-refractivity contribution in [3.8, 4) is 5.75 Å². The molecule has 0 aliphatic heterocycles. The molecule has 0 aliphatic rings. The van der Waals surface area contributed by atoms with Crippen molar-refractivity contribution in [1.29, 1.82) is 0 Å². The number of hydrogen-bond donors (Lipinski definition) is 2. The van der Waals surface area contributed by atoms with Crippen LogP contribution in [0.15, 0.2) is 59.6 Å². The van der Waals surface area contributed by atoms with Crippen LogP contribution >= 0.6 is 0 Å². The van der Waals surface area contributed by atoms with Crippen LogP contribution in [0, 0.1) is 0 Å². The lowest BCUT2D eigenvalue weighted by Gasteiger charge is -2.25. The molecule has 1 unspecified atom stereocenters. The molecule has 0 aliphatic carbocycles. The highest BCUT2D eigenvalue weighted by Crippen LogP contribution is 2.12. The summed E-state index contributed by atoms with van der Waals surface area (Å²) >= 11 is 0. The minimum atomic E-state index is 0.474. The van der Waals surface area contributed by atoms with E-state index in [4.69, 9.17) is 9.47 Å². The SMILES string of the molecule is CN=C(NCCC(C)N(C)Cc1ccccc1)NCc1ccc(OCCOC)cc1. The maximum absolute atomic E-state index is 5.59. The molecular formula is C24H36N4O2. The Balaban J connectivity index is 1.68. The van der Waals surface area contributed by atoms with E-state index < -0.39 is 0 Å². The van der Waals surface area contributed by atoms with Gasteiger partial charge in [0.25, 0.3) is 0 Å². The first-order valence-electron chi connectivity index (χ1n) is 10.5. The van der Waals surface area contributed by atoms with Crippen LogP contribution in [0.5, 0.6) is 5.75 Å². The van der Waals surface area contributed by atoms with Gasteiger partial charge in [-0.05, 0) is 43.7 Å². The van der Waals surface area contributed by atoms with E-state index in [2.05, 4.69) is 77.0 Å². The fourth-order valence-corrected chi connectivity index (χ4v) is 3.00. The summed E-state index contributed by atoms with van der Waals surface area (Å²) in [6.45, 7) is 5.94. The van der Waals surface area contributed by atoms with Gasteiger partial charge in [-0.15, -0.1) is 0 Å². The summed E-state index contributed by atoms with van der Waals surface area (Å²) in [5.74, 6) is 1.67. The van der Waals surface area contributed by atoms with Gasteiger partial charge < -0.3 is 20.1 Å². The monoisotopic (exact) mass is 412 g/mol. The lowest BCUT2D eigenvalue weighted by Crippen LogP contribution is -2.39. The fraction of sp³-hybridized carbons (Fsp3) is 0.458. The van der Waals surface area contributed by atoms with E-state index in [1.165, 1.54) is 11.1 Å².